The number of ether oxygens (including phenoxy) is 3. The smallest absolute Gasteiger partial charge is 0.305 e. The summed E-state index contributed by atoms with van der Waals surface area (Å²) in [7, 11) is 0. The molecule has 0 unspecified atom stereocenters. The highest BCUT2D eigenvalue weighted by atomic mass is 16.7. The first-order chi connectivity index (χ1) is 6.58. The predicted molar refractivity (Wildman–Crippen MR) is 46.3 cm³/mol. The largest absolute Gasteiger partial charge is 0.425 e. The average Bonchev–Trinajstić information content (AvgIpc) is 2.80. The van der Waals surface area contributed by atoms with Crippen LogP contribution in [0, 0.1) is 0 Å². The van der Waals surface area contributed by atoms with E-state index in [1.165, 1.54) is 13.8 Å². The summed E-state index contributed by atoms with van der Waals surface area (Å²) in [6.07, 6.45) is 0.701. The van der Waals surface area contributed by atoms with Crippen LogP contribution in [0.5, 0.6) is 0 Å². The van der Waals surface area contributed by atoms with Gasteiger partial charge in [-0.3, -0.25) is 9.59 Å². The number of hydrogen-bond acceptors (Lipinski definition) is 5. The first-order valence-electron chi connectivity index (χ1n) is 4.54. The molecular formula is C9H14O5. The molecule has 5 nitrogen and oxygen atoms in total. The van der Waals surface area contributed by atoms with Crippen molar-refractivity contribution in [2.75, 3.05) is 6.61 Å². The zero-order chi connectivity index (χ0) is 10.6. The van der Waals surface area contributed by atoms with Crippen molar-refractivity contribution in [1.29, 1.82) is 0 Å². The molecule has 1 aliphatic rings. The van der Waals surface area contributed by atoms with Crippen molar-refractivity contribution in [2.45, 2.75) is 39.1 Å². The van der Waals surface area contributed by atoms with Crippen molar-refractivity contribution >= 4 is 11.9 Å². The summed E-state index contributed by atoms with van der Waals surface area (Å²) in [5, 5.41) is 0. The van der Waals surface area contributed by atoms with Crippen molar-refractivity contribution in [2.24, 2.45) is 0 Å². The van der Waals surface area contributed by atoms with Gasteiger partial charge >= 0.3 is 11.9 Å². The highest BCUT2D eigenvalue weighted by molar-refractivity contribution is 5.68. The molecule has 0 aliphatic carbocycles. The molecule has 1 saturated heterocycles. The summed E-state index contributed by atoms with van der Waals surface area (Å²) in [5.41, 5.74) is 0. The number of rotatable bonds is 5. The third-order valence-corrected chi connectivity index (χ3v) is 1.72. The SMILES string of the molecule is CC(=O)OC(CC[C@H]1CO1)OC(C)=O. The van der Waals surface area contributed by atoms with Gasteiger partial charge < -0.3 is 14.2 Å². The van der Waals surface area contributed by atoms with Gasteiger partial charge in [0.05, 0.1) is 12.7 Å². The van der Waals surface area contributed by atoms with Gasteiger partial charge in [0.1, 0.15) is 0 Å². The number of carbonyl (C=O) groups excluding carboxylic acids is 2. The van der Waals surface area contributed by atoms with Gasteiger partial charge in [-0.15, -0.1) is 0 Å². The van der Waals surface area contributed by atoms with Gasteiger partial charge in [0, 0.05) is 20.3 Å². The van der Waals surface area contributed by atoms with E-state index in [9.17, 15) is 9.59 Å². The first kappa shape index (κ1) is 11.0. The fourth-order valence-electron chi connectivity index (χ4n) is 1.07. The molecule has 1 heterocycles. The van der Waals surface area contributed by atoms with Gasteiger partial charge in [0.2, 0.25) is 6.29 Å². The Labute approximate surface area is 82.3 Å². The Morgan fingerprint density at radius 1 is 1.36 bits per heavy atom. The summed E-state index contributed by atoms with van der Waals surface area (Å²) in [6, 6.07) is 0. The lowest BCUT2D eigenvalue weighted by Crippen LogP contribution is -2.22. The molecule has 0 spiro atoms. The Morgan fingerprint density at radius 2 is 1.86 bits per heavy atom. The lowest BCUT2D eigenvalue weighted by molar-refractivity contribution is -0.186. The van der Waals surface area contributed by atoms with Gasteiger partial charge in [0.15, 0.2) is 0 Å². The quantitative estimate of drug-likeness (QED) is 0.371. The zero-order valence-corrected chi connectivity index (χ0v) is 8.32. The number of carbonyl (C=O) groups is 2. The second-order valence-electron chi connectivity index (χ2n) is 3.18. The maximum Gasteiger partial charge on any atom is 0.305 e. The van der Waals surface area contributed by atoms with E-state index in [1.807, 2.05) is 0 Å². The highest BCUT2D eigenvalue weighted by Crippen LogP contribution is 2.18. The van der Waals surface area contributed by atoms with Crippen LogP contribution in [0.4, 0.5) is 0 Å². The van der Waals surface area contributed by atoms with E-state index >= 15 is 0 Å². The van der Waals surface area contributed by atoms with Crippen LogP contribution in [0.15, 0.2) is 0 Å². The van der Waals surface area contributed by atoms with Gasteiger partial charge in [-0.05, 0) is 6.42 Å². The van der Waals surface area contributed by atoms with Crippen molar-refractivity contribution < 1.29 is 23.8 Å². The Kier molecular flexibility index (Phi) is 3.88. The molecule has 5 heteroatoms. The van der Waals surface area contributed by atoms with Crippen molar-refractivity contribution in [3.63, 3.8) is 0 Å². The van der Waals surface area contributed by atoms with E-state index in [4.69, 9.17) is 14.2 Å². The monoisotopic (exact) mass is 202 g/mol. The lowest BCUT2D eigenvalue weighted by atomic mass is 10.2. The van der Waals surface area contributed by atoms with Gasteiger partial charge in [-0.2, -0.15) is 0 Å². The topological polar surface area (TPSA) is 65.1 Å². The van der Waals surface area contributed by atoms with E-state index in [0.29, 0.717) is 6.42 Å². The van der Waals surface area contributed by atoms with Gasteiger partial charge in [-0.25, -0.2) is 0 Å². The summed E-state index contributed by atoms with van der Waals surface area (Å²) < 4.78 is 14.6. The maximum absolute atomic E-state index is 10.7. The molecule has 0 aromatic rings. The fourth-order valence-corrected chi connectivity index (χ4v) is 1.07. The van der Waals surface area contributed by atoms with Crippen LogP contribution in [0.1, 0.15) is 26.7 Å². The average molecular weight is 202 g/mol. The van der Waals surface area contributed by atoms with Crippen LogP contribution in [0.3, 0.4) is 0 Å². The molecule has 14 heavy (non-hydrogen) atoms. The fraction of sp³-hybridized carbons (Fsp3) is 0.778. The molecule has 0 amide bonds. The summed E-state index contributed by atoms with van der Waals surface area (Å²) in [4.78, 5) is 21.3. The van der Waals surface area contributed by atoms with E-state index in [0.717, 1.165) is 13.0 Å². The minimum Gasteiger partial charge on any atom is -0.425 e. The Bertz CT molecular complexity index is 205. The molecule has 0 N–H and O–H groups in total. The molecule has 0 aromatic carbocycles. The molecule has 0 bridgehead atoms. The second kappa shape index (κ2) is 4.95. The predicted octanol–water partition coefficient (Wildman–Crippen LogP) is 0.618. The highest BCUT2D eigenvalue weighted by Gasteiger charge is 2.25. The van der Waals surface area contributed by atoms with E-state index in [1.54, 1.807) is 0 Å². The molecule has 0 radical (unpaired) electrons. The van der Waals surface area contributed by atoms with Crippen molar-refractivity contribution in [1.82, 2.24) is 0 Å². The third-order valence-electron chi connectivity index (χ3n) is 1.72. The van der Waals surface area contributed by atoms with Gasteiger partial charge in [-0.1, -0.05) is 0 Å². The molecule has 1 atom stereocenters. The minimum absolute atomic E-state index is 0.239. The van der Waals surface area contributed by atoms with E-state index in [2.05, 4.69) is 0 Å². The third kappa shape index (κ3) is 4.81. The van der Waals surface area contributed by atoms with Gasteiger partial charge in [0.25, 0.3) is 0 Å². The van der Waals surface area contributed by atoms with Crippen molar-refractivity contribution in [3.05, 3.63) is 0 Å². The van der Waals surface area contributed by atoms with Crippen LogP contribution in [0.2, 0.25) is 0 Å². The lowest BCUT2D eigenvalue weighted by Gasteiger charge is -2.15. The maximum atomic E-state index is 10.7. The molecule has 80 valence electrons. The van der Waals surface area contributed by atoms with E-state index < -0.39 is 18.2 Å². The van der Waals surface area contributed by atoms with E-state index in [-0.39, 0.29) is 6.10 Å². The van der Waals surface area contributed by atoms with Crippen LogP contribution < -0.4 is 0 Å². The summed E-state index contributed by atoms with van der Waals surface area (Å²) in [6.45, 7) is 3.31. The molecule has 1 rings (SSSR count). The zero-order valence-electron chi connectivity index (χ0n) is 8.32. The Balaban J connectivity index is 2.25. The summed E-state index contributed by atoms with van der Waals surface area (Å²) >= 11 is 0. The Morgan fingerprint density at radius 3 is 2.21 bits per heavy atom. The molecule has 0 saturated carbocycles. The number of hydrogen-bond donors (Lipinski definition) is 0. The summed E-state index contributed by atoms with van der Waals surface area (Å²) in [5.74, 6) is -0.902. The Hall–Kier alpha value is -1.10. The second-order valence-corrected chi connectivity index (χ2v) is 3.18. The van der Waals surface area contributed by atoms with Crippen molar-refractivity contribution in [3.8, 4) is 0 Å². The van der Waals surface area contributed by atoms with Crippen LogP contribution in [-0.2, 0) is 23.8 Å². The number of epoxide rings is 1. The molecule has 1 aliphatic heterocycles. The number of esters is 2. The standard InChI is InChI=1S/C9H14O5/c1-6(10)13-9(14-7(2)11)4-3-8-5-12-8/h8-9H,3-5H2,1-2H3/t8-/m0/s1. The van der Waals surface area contributed by atoms with Crippen LogP contribution in [-0.4, -0.2) is 30.9 Å². The molecule has 1 fully saturated rings. The first-order valence-corrected chi connectivity index (χ1v) is 4.54. The normalized spacial score (nSPS) is 19.2. The molecular weight excluding hydrogens is 188 g/mol. The van der Waals surface area contributed by atoms with Crippen LogP contribution >= 0.6 is 0 Å². The molecule has 0 aromatic heterocycles. The minimum atomic E-state index is -0.769. The van der Waals surface area contributed by atoms with Crippen LogP contribution in [0.25, 0.3) is 0 Å².